The molecule has 0 aliphatic carbocycles. The Hall–Kier alpha value is -1.29. The van der Waals surface area contributed by atoms with Crippen molar-refractivity contribution in [3.05, 3.63) is 42.8 Å². The molecule has 0 saturated carbocycles. The van der Waals surface area contributed by atoms with E-state index in [-0.39, 0.29) is 5.92 Å². The van der Waals surface area contributed by atoms with Gasteiger partial charge in [0.05, 0.1) is 6.07 Å². The smallest absolute Gasteiger partial charge is 0.0655 e. The van der Waals surface area contributed by atoms with Gasteiger partial charge in [-0.25, -0.2) is 0 Å². The number of nitriles is 1. The molecule has 0 aliphatic heterocycles. The van der Waals surface area contributed by atoms with Crippen molar-refractivity contribution in [3.63, 3.8) is 0 Å². The van der Waals surface area contributed by atoms with Crippen LogP contribution in [-0.2, 0) is 6.42 Å². The molecule has 1 unspecified atom stereocenters. The molecule has 0 bridgehead atoms. The van der Waals surface area contributed by atoms with E-state index in [1.165, 1.54) is 5.56 Å². The van der Waals surface area contributed by atoms with Crippen LogP contribution in [-0.4, -0.2) is 0 Å². The van der Waals surface area contributed by atoms with Crippen LogP contribution in [0.15, 0.2) is 30.3 Å². The standard InChI is InChI=1S/C12H14N/c1-2-11(10-13)8-9-12-6-4-3-5-7-12/h3-7,11H,1-2,8-9H2. The molecule has 1 aromatic carbocycles. The number of rotatable bonds is 4. The Labute approximate surface area is 80.0 Å². The van der Waals surface area contributed by atoms with Crippen LogP contribution in [0.25, 0.3) is 0 Å². The first-order valence-electron chi connectivity index (χ1n) is 4.59. The Morgan fingerprint density at radius 1 is 1.31 bits per heavy atom. The maximum Gasteiger partial charge on any atom is 0.0655 e. The van der Waals surface area contributed by atoms with Crippen molar-refractivity contribution in [1.29, 1.82) is 5.26 Å². The summed E-state index contributed by atoms with van der Waals surface area (Å²) in [7, 11) is 0. The second-order valence-electron chi connectivity index (χ2n) is 3.14. The molecule has 0 aliphatic rings. The van der Waals surface area contributed by atoms with Crippen molar-refractivity contribution in [2.75, 3.05) is 0 Å². The van der Waals surface area contributed by atoms with Gasteiger partial charge in [0.25, 0.3) is 0 Å². The van der Waals surface area contributed by atoms with Gasteiger partial charge in [0, 0.05) is 5.92 Å². The largest absolute Gasteiger partial charge is 0.198 e. The number of hydrogen-bond donors (Lipinski definition) is 0. The SMILES string of the molecule is [CH2]CC(C#N)CCc1ccccc1. The quantitative estimate of drug-likeness (QED) is 0.685. The third kappa shape index (κ3) is 3.29. The Morgan fingerprint density at radius 2 is 2.00 bits per heavy atom. The molecule has 1 nitrogen and oxygen atoms in total. The third-order valence-corrected chi connectivity index (χ3v) is 2.16. The number of aryl methyl sites for hydroxylation is 1. The van der Waals surface area contributed by atoms with Crippen LogP contribution < -0.4 is 0 Å². The first-order chi connectivity index (χ1) is 6.36. The van der Waals surface area contributed by atoms with E-state index in [9.17, 15) is 0 Å². The van der Waals surface area contributed by atoms with Gasteiger partial charge in [-0.05, 0) is 24.8 Å². The molecule has 0 saturated heterocycles. The fourth-order valence-electron chi connectivity index (χ4n) is 1.26. The lowest BCUT2D eigenvalue weighted by atomic mass is 9.99. The van der Waals surface area contributed by atoms with Crippen LogP contribution in [0.1, 0.15) is 18.4 Å². The Kier molecular flexibility index (Phi) is 4.05. The van der Waals surface area contributed by atoms with E-state index in [1.54, 1.807) is 0 Å². The molecule has 1 rings (SSSR count). The molecule has 1 radical (unpaired) electrons. The van der Waals surface area contributed by atoms with Gasteiger partial charge in [0.2, 0.25) is 0 Å². The molecule has 0 N–H and O–H groups in total. The molecule has 0 heterocycles. The van der Waals surface area contributed by atoms with Crippen molar-refractivity contribution in [2.24, 2.45) is 5.92 Å². The average molecular weight is 172 g/mol. The van der Waals surface area contributed by atoms with Crippen LogP contribution >= 0.6 is 0 Å². The van der Waals surface area contributed by atoms with Gasteiger partial charge in [-0.15, -0.1) is 0 Å². The van der Waals surface area contributed by atoms with Crippen LogP contribution in [0.4, 0.5) is 0 Å². The summed E-state index contributed by atoms with van der Waals surface area (Å²) in [6.45, 7) is 3.75. The van der Waals surface area contributed by atoms with Gasteiger partial charge in [0.1, 0.15) is 0 Å². The van der Waals surface area contributed by atoms with Gasteiger partial charge in [-0.3, -0.25) is 0 Å². The highest BCUT2D eigenvalue weighted by atomic mass is 14.3. The summed E-state index contributed by atoms with van der Waals surface area (Å²) < 4.78 is 0. The normalized spacial score (nSPS) is 12.0. The summed E-state index contributed by atoms with van der Waals surface area (Å²) in [5, 5.41) is 8.71. The number of nitrogens with zero attached hydrogens (tertiary/aromatic N) is 1. The lowest BCUT2D eigenvalue weighted by Gasteiger charge is -2.04. The zero-order valence-electron chi connectivity index (χ0n) is 7.74. The predicted molar refractivity (Wildman–Crippen MR) is 53.8 cm³/mol. The lowest BCUT2D eigenvalue weighted by Crippen LogP contribution is -1.97. The Morgan fingerprint density at radius 3 is 2.54 bits per heavy atom. The van der Waals surface area contributed by atoms with Crippen molar-refractivity contribution in [3.8, 4) is 6.07 Å². The van der Waals surface area contributed by atoms with E-state index in [0.29, 0.717) is 6.42 Å². The van der Waals surface area contributed by atoms with Crippen LogP contribution in [0.5, 0.6) is 0 Å². The van der Waals surface area contributed by atoms with E-state index in [1.807, 2.05) is 18.2 Å². The van der Waals surface area contributed by atoms with Crippen molar-refractivity contribution >= 4 is 0 Å². The van der Waals surface area contributed by atoms with E-state index < -0.39 is 0 Å². The number of benzene rings is 1. The van der Waals surface area contributed by atoms with Gasteiger partial charge >= 0.3 is 0 Å². The van der Waals surface area contributed by atoms with Gasteiger partial charge in [-0.1, -0.05) is 37.3 Å². The molecule has 0 aromatic heterocycles. The Balaban J connectivity index is 2.40. The fourth-order valence-corrected chi connectivity index (χ4v) is 1.26. The highest BCUT2D eigenvalue weighted by Gasteiger charge is 2.03. The topological polar surface area (TPSA) is 23.8 Å². The van der Waals surface area contributed by atoms with E-state index in [0.717, 1.165) is 12.8 Å². The molecule has 1 atom stereocenters. The fraction of sp³-hybridized carbons (Fsp3) is 0.333. The minimum Gasteiger partial charge on any atom is -0.198 e. The highest BCUT2D eigenvalue weighted by Crippen LogP contribution is 2.11. The van der Waals surface area contributed by atoms with E-state index in [4.69, 9.17) is 5.26 Å². The Bertz CT molecular complexity index is 271. The highest BCUT2D eigenvalue weighted by molar-refractivity contribution is 5.14. The molecule has 0 spiro atoms. The third-order valence-electron chi connectivity index (χ3n) is 2.16. The van der Waals surface area contributed by atoms with Crippen molar-refractivity contribution in [2.45, 2.75) is 19.3 Å². The second kappa shape index (κ2) is 5.37. The van der Waals surface area contributed by atoms with Crippen molar-refractivity contribution < 1.29 is 0 Å². The van der Waals surface area contributed by atoms with Gasteiger partial charge in [-0.2, -0.15) is 5.26 Å². The van der Waals surface area contributed by atoms with Gasteiger partial charge in [0.15, 0.2) is 0 Å². The van der Waals surface area contributed by atoms with Crippen LogP contribution in [0.2, 0.25) is 0 Å². The summed E-state index contributed by atoms with van der Waals surface area (Å²) in [5.74, 6) is 0.111. The first-order valence-corrected chi connectivity index (χ1v) is 4.59. The van der Waals surface area contributed by atoms with Crippen LogP contribution in [0.3, 0.4) is 0 Å². The zero-order valence-corrected chi connectivity index (χ0v) is 7.74. The molecule has 0 amide bonds. The lowest BCUT2D eigenvalue weighted by molar-refractivity contribution is 0.610. The van der Waals surface area contributed by atoms with E-state index in [2.05, 4.69) is 25.1 Å². The van der Waals surface area contributed by atoms with E-state index >= 15 is 0 Å². The average Bonchev–Trinajstić information content (AvgIpc) is 2.21. The summed E-state index contributed by atoms with van der Waals surface area (Å²) in [5.41, 5.74) is 1.30. The zero-order chi connectivity index (χ0) is 9.52. The predicted octanol–water partition coefficient (Wildman–Crippen LogP) is 2.98. The monoisotopic (exact) mass is 172 g/mol. The van der Waals surface area contributed by atoms with Gasteiger partial charge < -0.3 is 0 Å². The number of hydrogen-bond acceptors (Lipinski definition) is 1. The first kappa shape index (κ1) is 9.80. The molecular formula is C12H14N. The minimum absolute atomic E-state index is 0.111. The minimum atomic E-state index is 0.111. The maximum absolute atomic E-state index is 8.71. The molecule has 1 heteroatoms. The molecular weight excluding hydrogens is 158 g/mol. The van der Waals surface area contributed by atoms with Crippen molar-refractivity contribution in [1.82, 2.24) is 0 Å². The second-order valence-corrected chi connectivity index (χ2v) is 3.14. The molecule has 1 aromatic rings. The maximum atomic E-state index is 8.71. The summed E-state index contributed by atoms with van der Waals surface area (Å²) >= 11 is 0. The molecule has 0 fully saturated rings. The summed E-state index contributed by atoms with van der Waals surface area (Å²) in [6, 6.07) is 12.5. The molecule has 67 valence electrons. The summed E-state index contributed by atoms with van der Waals surface area (Å²) in [6.07, 6.45) is 2.61. The van der Waals surface area contributed by atoms with Crippen LogP contribution in [0, 0.1) is 24.2 Å². The molecule has 13 heavy (non-hydrogen) atoms. The summed E-state index contributed by atoms with van der Waals surface area (Å²) in [4.78, 5) is 0.